The quantitative estimate of drug-likeness (QED) is 0.808. The van der Waals surface area contributed by atoms with Gasteiger partial charge in [-0.05, 0) is 25.1 Å². The molecule has 2 aromatic rings. The second-order valence-electron chi connectivity index (χ2n) is 4.55. The van der Waals surface area contributed by atoms with E-state index in [1.807, 2.05) is 0 Å². The third kappa shape index (κ3) is 3.85. The minimum Gasteiger partial charge on any atom is -0.496 e. The molecule has 0 atom stereocenters. The van der Waals surface area contributed by atoms with Gasteiger partial charge in [-0.1, -0.05) is 0 Å². The van der Waals surface area contributed by atoms with Crippen LogP contribution < -0.4 is 4.74 Å². The smallest absolute Gasteiger partial charge is 0.361 e. The number of carbonyl (C=O) groups is 2. The van der Waals surface area contributed by atoms with E-state index in [4.69, 9.17) is 14.2 Å². The molecular formula is C15H17N3O5. The zero-order valence-electron chi connectivity index (χ0n) is 13.1. The number of aromatic amines is 1. The van der Waals surface area contributed by atoms with Gasteiger partial charge in [-0.3, -0.25) is 4.79 Å². The molecule has 1 heterocycles. The van der Waals surface area contributed by atoms with Crippen molar-refractivity contribution in [3.63, 3.8) is 0 Å². The molecule has 0 unspecified atom stereocenters. The fourth-order valence-corrected chi connectivity index (χ4v) is 1.99. The first-order valence-electron chi connectivity index (χ1n) is 6.95. The summed E-state index contributed by atoms with van der Waals surface area (Å²) >= 11 is 0. The highest BCUT2D eigenvalue weighted by atomic mass is 16.5. The Kier molecular flexibility index (Phi) is 5.29. The molecule has 0 radical (unpaired) electrons. The average molecular weight is 319 g/mol. The molecule has 1 aromatic heterocycles. The van der Waals surface area contributed by atoms with Crippen LogP contribution in [0.25, 0.3) is 11.3 Å². The maximum absolute atomic E-state index is 11.9. The molecule has 23 heavy (non-hydrogen) atoms. The van der Waals surface area contributed by atoms with Gasteiger partial charge in [-0.2, -0.15) is 10.3 Å². The average Bonchev–Trinajstić information content (AvgIpc) is 3.02. The van der Waals surface area contributed by atoms with Crippen LogP contribution in [0.4, 0.5) is 0 Å². The Balaban J connectivity index is 2.37. The highest BCUT2D eigenvalue weighted by Crippen LogP contribution is 2.27. The number of benzene rings is 1. The van der Waals surface area contributed by atoms with Gasteiger partial charge in [0.2, 0.25) is 0 Å². The SMILES string of the molecule is CCOC(=O)c1n[nH]nc1-c1ccc(OC)c(COC(C)=O)c1. The molecular weight excluding hydrogens is 302 g/mol. The zero-order chi connectivity index (χ0) is 16.8. The number of hydrogen-bond acceptors (Lipinski definition) is 7. The van der Waals surface area contributed by atoms with E-state index in [1.165, 1.54) is 14.0 Å². The van der Waals surface area contributed by atoms with Gasteiger partial charge in [0.1, 0.15) is 18.1 Å². The summed E-state index contributed by atoms with van der Waals surface area (Å²) in [6.07, 6.45) is 0. The van der Waals surface area contributed by atoms with Crippen LogP contribution in [0, 0.1) is 0 Å². The summed E-state index contributed by atoms with van der Waals surface area (Å²) in [6.45, 7) is 3.33. The fourth-order valence-electron chi connectivity index (χ4n) is 1.99. The molecule has 0 saturated carbocycles. The lowest BCUT2D eigenvalue weighted by Gasteiger charge is -2.10. The molecule has 0 fully saturated rings. The van der Waals surface area contributed by atoms with Gasteiger partial charge >= 0.3 is 11.9 Å². The number of esters is 2. The largest absolute Gasteiger partial charge is 0.496 e. The summed E-state index contributed by atoms with van der Waals surface area (Å²) in [4.78, 5) is 22.9. The van der Waals surface area contributed by atoms with Gasteiger partial charge in [0.15, 0.2) is 5.69 Å². The summed E-state index contributed by atoms with van der Waals surface area (Å²) in [7, 11) is 1.52. The first-order valence-corrected chi connectivity index (χ1v) is 6.95. The first kappa shape index (κ1) is 16.5. The standard InChI is InChI=1S/C15H17N3O5/c1-4-22-15(20)14-13(16-18-17-14)10-5-6-12(21-3)11(7-10)8-23-9(2)19/h5-7H,4,8H2,1-3H3,(H,16,17,18). The number of ether oxygens (including phenoxy) is 3. The van der Waals surface area contributed by atoms with Crippen LogP contribution in [0.15, 0.2) is 18.2 Å². The number of nitrogens with zero attached hydrogens (tertiary/aromatic N) is 2. The third-order valence-corrected chi connectivity index (χ3v) is 3.00. The molecule has 0 saturated heterocycles. The number of methoxy groups -OCH3 is 1. The number of rotatable bonds is 6. The highest BCUT2D eigenvalue weighted by molar-refractivity contribution is 5.94. The Morgan fingerprint density at radius 2 is 2.00 bits per heavy atom. The van der Waals surface area contributed by atoms with E-state index in [1.54, 1.807) is 25.1 Å². The number of nitrogens with one attached hydrogen (secondary N) is 1. The van der Waals surface area contributed by atoms with Crippen LogP contribution in [0.1, 0.15) is 29.9 Å². The summed E-state index contributed by atoms with van der Waals surface area (Å²) in [6, 6.07) is 5.16. The van der Waals surface area contributed by atoms with Crippen molar-refractivity contribution in [1.82, 2.24) is 15.4 Å². The monoisotopic (exact) mass is 319 g/mol. The van der Waals surface area contributed by atoms with Crippen molar-refractivity contribution in [2.75, 3.05) is 13.7 Å². The third-order valence-electron chi connectivity index (χ3n) is 3.00. The Hall–Kier alpha value is -2.90. The van der Waals surface area contributed by atoms with Gasteiger partial charge in [-0.25, -0.2) is 4.79 Å². The fraction of sp³-hybridized carbons (Fsp3) is 0.333. The zero-order valence-corrected chi connectivity index (χ0v) is 13.1. The van der Waals surface area contributed by atoms with Gasteiger partial charge < -0.3 is 14.2 Å². The predicted octanol–water partition coefficient (Wildman–Crippen LogP) is 1.72. The van der Waals surface area contributed by atoms with E-state index in [2.05, 4.69) is 15.4 Å². The molecule has 122 valence electrons. The van der Waals surface area contributed by atoms with Gasteiger partial charge in [0.25, 0.3) is 0 Å². The van der Waals surface area contributed by atoms with Crippen LogP contribution >= 0.6 is 0 Å². The summed E-state index contributed by atoms with van der Waals surface area (Å²) < 4.78 is 15.2. The Labute approximate surface area is 132 Å². The molecule has 0 aliphatic heterocycles. The van der Waals surface area contributed by atoms with Crippen molar-refractivity contribution < 1.29 is 23.8 Å². The lowest BCUT2D eigenvalue weighted by Crippen LogP contribution is -2.07. The van der Waals surface area contributed by atoms with Crippen molar-refractivity contribution in [1.29, 1.82) is 0 Å². The van der Waals surface area contributed by atoms with Crippen molar-refractivity contribution in [2.24, 2.45) is 0 Å². The topological polar surface area (TPSA) is 103 Å². The number of hydrogen-bond donors (Lipinski definition) is 1. The van der Waals surface area contributed by atoms with E-state index >= 15 is 0 Å². The van der Waals surface area contributed by atoms with E-state index in [9.17, 15) is 9.59 Å². The minimum absolute atomic E-state index is 0.0545. The number of carbonyl (C=O) groups excluding carboxylic acids is 2. The van der Waals surface area contributed by atoms with E-state index in [0.717, 1.165) is 0 Å². The second kappa shape index (κ2) is 7.39. The van der Waals surface area contributed by atoms with Gasteiger partial charge in [0.05, 0.1) is 13.7 Å². The highest BCUT2D eigenvalue weighted by Gasteiger charge is 2.20. The Morgan fingerprint density at radius 1 is 1.22 bits per heavy atom. The Bertz CT molecular complexity index is 711. The van der Waals surface area contributed by atoms with Gasteiger partial charge in [0, 0.05) is 18.1 Å². The maximum atomic E-state index is 11.9. The summed E-state index contributed by atoms with van der Waals surface area (Å²) in [5.41, 5.74) is 1.73. The number of H-pyrrole nitrogens is 1. The summed E-state index contributed by atoms with van der Waals surface area (Å²) in [5.74, 6) is -0.393. The van der Waals surface area contributed by atoms with Crippen LogP contribution in [-0.2, 0) is 20.9 Å². The van der Waals surface area contributed by atoms with E-state index in [-0.39, 0.29) is 18.9 Å². The second-order valence-corrected chi connectivity index (χ2v) is 4.55. The van der Waals surface area contributed by atoms with Crippen LogP contribution in [0.2, 0.25) is 0 Å². The van der Waals surface area contributed by atoms with Crippen molar-refractivity contribution in [3.8, 4) is 17.0 Å². The van der Waals surface area contributed by atoms with E-state index in [0.29, 0.717) is 22.6 Å². The number of aromatic nitrogens is 3. The van der Waals surface area contributed by atoms with Crippen LogP contribution in [0.3, 0.4) is 0 Å². The lowest BCUT2D eigenvalue weighted by molar-refractivity contribution is -0.142. The van der Waals surface area contributed by atoms with Crippen molar-refractivity contribution >= 4 is 11.9 Å². The molecule has 1 N–H and O–H groups in total. The molecule has 0 spiro atoms. The molecule has 0 aliphatic rings. The minimum atomic E-state index is -0.561. The molecule has 2 rings (SSSR count). The molecule has 0 bridgehead atoms. The first-order chi connectivity index (χ1) is 11.1. The molecule has 1 aromatic carbocycles. The van der Waals surface area contributed by atoms with Crippen LogP contribution in [-0.4, -0.2) is 41.1 Å². The van der Waals surface area contributed by atoms with Crippen molar-refractivity contribution in [3.05, 3.63) is 29.5 Å². The molecule has 0 aliphatic carbocycles. The Morgan fingerprint density at radius 3 is 2.65 bits per heavy atom. The lowest BCUT2D eigenvalue weighted by atomic mass is 10.1. The molecule has 8 heteroatoms. The molecule has 0 amide bonds. The predicted molar refractivity (Wildman–Crippen MR) is 79.8 cm³/mol. The normalized spacial score (nSPS) is 10.2. The molecule has 8 nitrogen and oxygen atoms in total. The summed E-state index contributed by atoms with van der Waals surface area (Å²) in [5, 5.41) is 10.2. The van der Waals surface area contributed by atoms with Crippen LogP contribution in [0.5, 0.6) is 5.75 Å². The maximum Gasteiger partial charge on any atom is 0.361 e. The van der Waals surface area contributed by atoms with Crippen molar-refractivity contribution in [2.45, 2.75) is 20.5 Å². The van der Waals surface area contributed by atoms with Gasteiger partial charge in [-0.15, -0.1) is 5.10 Å². The van der Waals surface area contributed by atoms with E-state index < -0.39 is 11.9 Å².